The van der Waals surface area contributed by atoms with E-state index in [9.17, 15) is 4.79 Å². The van der Waals surface area contributed by atoms with Crippen molar-refractivity contribution in [3.8, 4) is 0 Å². The molecule has 1 saturated carbocycles. The number of aryl methyl sites for hydroxylation is 1. The summed E-state index contributed by atoms with van der Waals surface area (Å²) in [5.41, 5.74) is 3.23. The average molecular weight is 330 g/mol. The van der Waals surface area contributed by atoms with Crippen molar-refractivity contribution >= 4 is 5.91 Å². The van der Waals surface area contributed by atoms with Crippen LogP contribution >= 0.6 is 0 Å². The summed E-state index contributed by atoms with van der Waals surface area (Å²) in [5, 5.41) is 3.14. The Balaban J connectivity index is 1.45. The fourth-order valence-corrected chi connectivity index (χ4v) is 3.75. The third-order valence-corrected chi connectivity index (χ3v) is 5.53. The molecular formula is C20H30N2O2. The van der Waals surface area contributed by atoms with Crippen LogP contribution in [0.5, 0.6) is 0 Å². The predicted molar refractivity (Wildman–Crippen MR) is 96.2 cm³/mol. The number of amides is 1. The predicted octanol–water partition coefficient (Wildman–Crippen LogP) is 2.64. The number of piperidine rings is 1. The first-order valence-electron chi connectivity index (χ1n) is 9.19. The maximum Gasteiger partial charge on any atom is 0.222 e. The summed E-state index contributed by atoms with van der Waals surface area (Å²) in [6.45, 7) is 5.99. The molecule has 4 nitrogen and oxygen atoms in total. The summed E-state index contributed by atoms with van der Waals surface area (Å²) in [7, 11) is 1.63. The van der Waals surface area contributed by atoms with Gasteiger partial charge in [-0.1, -0.05) is 29.8 Å². The van der Waals surface area contributed by atoms with Crippen LogP contribution in [-0.4, -0.2) is 50.2 Å². The van der Waals surface area contributed by atoms with E-state index in [0.29, 0.717) is 24.5 Å². The van der Waals surface area contributed by atoms with Gasteiger partial charge in [-0.05, 0) is 38.2 Å². The van der Waals surface area contributed by atoms with Crippen molar-refractivity contribution in [3.63, 3.8) is 0 Å². The van der Waals surface area contributed by atoms with Crippen molar-refractivity contribution in [2.75, 3.05) is 33.4 Å². The number of ether oxygens (including phenoxy) is 1. The highest BCUT2D eigenvalue weighted by atomic mass is 16.5. The second-order valence-corrected chi connectivity index (χ2v) is 7.51. The van der Waals surface area contributed by atoms with E-state index in [-0.39, 0.29) is 5.91 Å². The molecule has 132 valence electrons. The van der Waals surface area contributed by atoms with Gasteiger partial charge in [0.05, 0.1) is 6.61 Å². The van der Waals surface area contributed by atoms with E-state index in [2.05, 4.69) is 41.4 Å². The number of carbonyl (C=O) groups is 1. The first-order valence-corrected chi connectivity index (χ1v) is 9.19. The van der Waals surface area contributed by atoms with Gasteiger partial charge in [-0.25, -0.2) is 0 Å². The number of nitrogens with one attached hydrogen (secondary N) is 1. The first kappa shape index (κ1) is 17.4. The standard InChI is InChI=1S/C20H30N2O2/c1-16-3-5-17(6-4-16)20(10-11-20)15-22-12-7-18(8-13-22)21-19(23)9-14-24-2/h3-6,18H,7-15H2,1-2H3,(H,21,23). The van der Waals surface area contributed by atoms with Gasteiger partial charge in [0.2, 0.25) is 5.91 Å². The number of hydrogen-bond donors (Lipinski definition) is 1. The highest BCUT2D eigenvalue weighted by Gasteiger charge is 2.45. The monoisotopic (exact) mass is 330 g/mol. The molecule has 0 aromatic heterocycles. The number of likely N-dealkylation sites (tertiary alicyclic amines) is 1. The van der Waals surface area contributed by atoms with Gasteiger partial charge < -0.3 is 15.0 Å². The first-order chi connectivity index (χ1) is 11.6. The summed E-state index contributed by atoms with van der Waals surface area (Å²) in [6.07, 6.45) is 5.20. The Morgan fingerprint density at radius 2 is 1.92 bits per heavy atom. The van der Waals surface area contributed by atoms with Crippen LogP contribution in [0.3, 0.4) is 0 Å². The van der Waals surface area contributed by atoms with Crippen molar-refractivity contribution in [2.24, 2.45) is 0 Å². The van der Waals surface area contributed by atoms with Gasteiger partial charge in [0, 0.05) is 44.6 Å². The molecule has 2 aliphatic rings. The highest BCUT2D eigenvalue weighted by Crippen LogP contribution is 2.49. The molecule has 1 heterocycles. The topological polar surface area (TPSA) is 41.6 Å². The van der Waals surface area contributed by atoms with Gasteiger partial charge in [-0.15, -0.1) is 0 Å². The van der Waals surface area contributed by atoms with Crippen molar-refractivity contribution in [1.29, 1.82) is 0 Å². The van der Waals surface area contributed by atoms with E-state index in [1.807, 2.05) is 0 Å². The minimum atomic E-state index is 0.119. The van der Waals surface area contributed by atoms with Crippen LogP contribution < -0.4 is 5.32 Å². The molecular weight excluding hydrogens is 300 g/mol. The molecule has 0 bridgehead atoms. The van der Waals surface area contributed by atoms with Crippen molar-refractivity contribution in [1.82, 2.24) is 10.2 Å². The molecule has 1 N–H and O–H groups in total. The average Bonchev–Trinajstić information content (AvgIpc) is 3.36. The lowest BCUT2D eigenvalue weighted by Crippen LogP contribution is -2.46. The second kappa shape index (κ2) is 7.66. The number of hydrogen-bond acceptors (Lipinski definition) is 3. The van der Waals surface area contributed by atoms with Crippen molar-refractivity contribution < 1.29 is 9.53 Å². The molecule has 2 fully saturated rings. The molecule has 1 aromatic carbocycles. The molecule has 1 amide bonds. The van der Waals surface area contributed by atoms with E-state index in [1.54, 1.807) is 7.11 Å². The van der Waals surface area contributed by atoms with Crippen LogP contribution in [0.15, 0.2) is 24.3 Å². The summed E-state index contributed by atoms with van der Waals surface area (Å²) < 4.78 is 4.96. The Morgan fingerprint density at radius 3 is 2.50 bits per heavy atom. The zero-order valence-electron chi connectivity index (χ0n) is 15.0. The second-order valence-electron chi connectivity index (χ2n) is 7.51. The Kier molecular flexibility index (Phi) is 5.57. The van der Waals surface area contributed by atoms with E-state index in [0.717, 1.165) is 25.9 Å². The molecule has 1 aliphatic carbocycles. The summed E-state index contributed by atoms with van der Waals surface area (Å²) in [4.78, 5) is 14.4. The fourth-order valence-electron chi connectivity index (χ4n) is 3.75. The SMILES string of the molecule is COCCC(=O)NC1CCN(CC2(c3ccc(C)cc3)CC2)CC1. The number of methoxy groups -OCH3 is 1. The van der Waals surface area contributed by atoms with E-state index >= 15 is 0 Å². The highest BCUT2D eigenvalue weighted by molar-refractivity contribution is 5.76. The molecule has 0 spiro atoms. The molecule has 0 radical (unpaired) electrons. The van der Waals surface area contributed by atoms with Crippen molar-refractivity contribution in [3.05, 3.63) is 35.4 Å². The Morgan fingerprint density at radius 1 is 1.25 bits per heavy atom. The molecule has 24 heavy (non-hydrogen) atoms. The van der Waals surface area contributed by atoms with Crippen LogP contribution in [0.1, 0.15) is 43.2 Å². The number of benzene rings is 1. The Hall–Kier alpha value is -1.39. The minimum Gasteiger partial charge on any atom is -0.384 e. The quantitative estimate of drug-likeness (QED) is 0.836. The van der Waals surface area contributed by atoms with Gasteiger partial charge in [-0.2, -0.15) is 0 Å². The third kappa shape index (κ3) is 4.37. The van der Waals surface area contributed by atoms with E-state index in [1.165, 1.54) is 30.5 Å². The molecule has 1 saturated heterocycles. The van der Waals surface area contributed by atoms with Gasteiger partial charge in [-0.3, -0.25) is 4.79 Å². The molecule has 0 unspecified atom stereocenters. The minimum absolute atomic E-state index is 0.119. The van der Waals surface area contributed by atoms with Gasteiger partial charge in [0.1, 0.15) is 0 Å². The Bertz CT molecular complexity index is 543. The zero-order chi connectivity index (χ0) is 17.0. The lowest BCUT2D eigenvalue weighted by Gasteiger charge is -2.35. The molecule has 1 aromatic rings. The van der Waals surface area contributed by atoms with Gasteiger partial charge >= 0.3 is 0 Å². The van der Waals surface area contributed by atoms with E-state index in [4.69, 9.17) is 4.74 Å². The largest absolute Gasteiger partial charge is 0.384 e. The normalized spacial score (nSPS) is 20.8. The lowest BCUT2D eigenvalue weighted by atomic mass is 9.93. The fraction of sp³-hybridized carbons (Fsp3) is 0.650. The lowest BCUT2D eigenvalue weighted by molar-refractivity contribution is -0.123. The van der Waals surface area contributed by atoms with Crippen LogP contribution in [0.25, 0.3) is 0 Å². The number of nitrogens with zero attached hydrogens (tertiary/aromatic N) is 1. The van der Waals surface area contributed by atoms with Gasteiger partial charge in [0.15, 0.2) is 0 Å². The Labute approximate surface area is 145 Å². The van der Waals surface area contributed by atoms with Crippen LogP contribution in [0, 0.1) is 6.92 Å². The van der Waals surface area contributed by atoms with E-state index < -0.39 is 0 Å². The summed E-state index contributed by atoms with van der Waals surface area (Å²) >= 11 is 0. The molecule has 4 heteroatoms. The van der Waals surface area contributed by atoms with Crippen molar-refractivity contribution in [2.45, 2.75) is 50.5 Å². The van der Waals surface area contributed by atoms with Crippen LogP contribution in [-0.2, 0) is 14.9 Å². The third-order valence-electron chi connectivity index (χ3n) is 5.53. The summed E-state index contributed by atoms with van der Waals surface area (Å²) in [6, 6.07) is 9.42. The molecule has 0 atom stereocenters. The number of rotatable bonds is 7. The molecule has 1 aliphatic heterocycles. The van der Waals surface area contributed by atoms with Gasteiger partial charge in [0.25, 0.3) is 0 Å². The number of carbonyl (C=O) groups excluding carboxylic acids is 1. The maximum absolute atomic E-state index is 11.8. The van der Waals surface area contributed by atoms with Crippen LogP contribution in [0.4, 0.5) is 0 Å². The zero-order valence-corrected chi connectivity index (χ0v) is 15.0. The molecule has 3 rings (SSSR count). The maximum atomic E-state index is 11.8. The van der Waals surface area contributed by atoms with Crippen LogP contribution in [0.2, 0.25) is 0 Å². The smallest absolute Gasteiger partial charge is 0.222 e. The summed E-state index contributed by atoms with van der Waals surface area (Å²) in [5.74, 6) is 0.119.